The first-order chi connectivity index (χ1) is 13.6. The van der Waals surface area contributed by atoms with Crippen LogP contribution in [-0.4, -0.2) is 37.0 Å². The molecule has 1 aromatic heterocycles. The Bertz CT molecular complexity index is 969. The van der Waals surface area contributed by atoms with Crippen molar-refractivity contribution >= 4 is 11.6 Å². The summed E-state index contributed by atoms with van der Waals surface area (Å²) in [5.74, 6) is -0.319. The van der Waals surface area contributed by atoms with Gasteiger partial charge in [-0.05, 0) is 55.0 Å². The molecule has 0 spiro atoms. The van der Waals surface area contributed by atoms with Crippen LogP contribution in [0.25, 0.3) is 11.3 Å². The first-order valence-electron chi connectivity index (χ1n) is 9.26. The van der Waals surface area contributed by atoms with Gasteiger partial charge in [-0.15, -0.1) is 0 Å². The number of rotatable bonds is 3. The molecule has 1 aliphatic rings. The summed E-state index contributed by atoms with van der Waals surface area (Å²) >= 11 is 0. The highest BCUT2D eigenvalue weighted by molar-refractivity contribution is 5.92. The van der Waals surface area contributed by atoms with Crippen LogP contribution in [-0.2, 0) is 0 Å². The van der Waals surface area contributed by atoms with Crippen molar-refractivity contribution in [2.24, 2.45) is 0 Å². The lowest BCUT2D eigenvalue weighted by atomic mass is 10.1. The van der Waals surface area contributed by atoms with Crippen molar-refractivity contribution in [3.05, 3.63) is 78.1 Å². The summed E-state index contributed by atoms with van der Waals surface area (Å²) < 4.78 is 32.7. The lowest BCUT2D eigenvalue weighted by Gasteiger charge is -2.23. The van der Waals surface area contributed by atoms with E-state index in [0.29, 0.717) is 31.0 Å². The Morgan fingerprint density at radius 2 is 1.64 bits per heavy atom. The predicted molar refractivity (Wildman–Crippen MR) is 103 cm³/mol. The molecule has 4 rings (SSSR count). The van der Waals surface area contributed by atoms with Gasteiger partial charge in [0.15, 0.2) is 5.76 Å². The molecule has 1 aliphatic heterocycles. The molecule has 0 unspecified atom stereocenters. The van der Waals surface area contributed by atoms with Crippen LogP contribution in [0.15, 0.2) is 65.1 Å². The van der Waals surface area contributed by atoms with Crippen molar-refractivity contribution in [1.29, 1.82) is 0 Å². The maximum atomic E-state index is 13.9. The molecular formula is C22H20F2N2O2. The molecule has 0 saturated carbocycles. The van der Waals surface area contributed by atoms with Crippen LogP contribution >= 0.6 is 0 Å². The molecular weight excluding hydrogens is 362 g/mol. The van der Waals surface area contributed by atoms with E-state index in [1.807, 2.05) is 0 Å². The van der Waals surface area contributed by atoms with Crippen LogP contribution < -0.4 is 4.90 Å². The molecule has 0 bridgehead atoms. The van der Waals surface area contributed by atoms with Gasteiger partial charge < -0.3 is 14.2 Å². The van der Waals surface area contributed by atoms with Gasteiger partial charge in [0, 0.05) is 31.9 Å². The molecule has 1 fully saturated rings. The molecule has 4 nitrogen and oxygen atoms in total. The Morgan fingerprint density at radius 3 is 2.43 bits per heavy atom. The number of nitrogens with zero attached hydrogens (tertiary/aromatic N) is 2. The second-order valence-corrected chi connectivity index (χ2v) is 6.75. The van der Waals surface area contributed by atoms with Gasteiger partial charge in [-0.3, -0.25) is 4.79 Å². The lowest BCUT2D eigenvalue weighted by molar-refractivity contribution is 0.0736. The first-order valence-corrected chi connectivity index (χ1v) is 9.26. The number of carbonyl (C=O) groups excluding carboxylic acids is 1. The molecule has 2 heterocycles. The van der Waals surface area contributed by atoms with Gasteiger partial charge in [0.25, 0.3) is 5.91 Å². The third kappa shape index (κ3) is 3.76. The van der Waals surface area contributed by atoms with Crippen molar-refractivity contribution in [1.82, 2.24) is 4.90 Å². The number of anilines is 1. The normalized spacial score (nSPS) is 14.8. The minimum atomic E-state index is -0.388. The minimum Gasteiger partial charge on any atom is -0.451 e. The monoisotopic (exact) mass is 382 g/mol. The van der Waals surface area contributed by atoms with E-state index in [0.717, 1.165) is 18.7 Å². The van der Waals surface area contributed by atoms with Crippen LogP contribution in [0, 0.1) is 11.6 Å². The minimum absolute atomic E-state index is 0.202. The van der Waals surface area contributed by atoms with Crippen molar-refractivity contribution in [2.45, 2.75) is 6.42 Å². The maximum Gasteiger partial charge on any atom is 0.289 e. The number of halogens is 2. The van der Waals surface area contributed by atoms with E-state index in [-0.39, 0.29) is 23.3 Å². The fraction of sp³-hybridized carbons (Fsp3) is 0.227. The topological polar surface area (TPSA) is 36.7 Å². The summed E-state index contributed by atoms with van der Waals surface area (Å²) in [5.41, 5.74) is 1.27. The van der Waals surface area contributed by atoms with Gasteiger partial charge in [0.1, 0.15) is 17.4 Å². The molecule has 3 aromatic rings. The average molecular weight is 382 g/mol. The fourth-order valence-corrected chi connectivity index (χ4v) is 3.45. The molecule has 144 valence electrons. The SMILES string of the molecule is O=C(c1ccc(-c2ccccc2F)o1)N1CCCN(c2ccc(F)cc2)CC1. The maximum absolute atomic E-state index is 13.9. The number of hydrogen-bond acceptors (Lipinski definition) is 3. The van der Waals surface area contributed by atoms with Gasteiger partial charge in [-0.25, -0.2) is 8.78 Å². The van der Waals surface area contributed by atoms with Crippen LogP contribution in [0.5, 0.6) is 0 Å². The predicted octanol–water partition coefficient (Wildman–Crippen LogP) is 4.58. The standard InChI is InChI=1S/C22H20F2N2O2/c23-16-6-8-17(9-7-16)25-12-3-13-26(15-14-25)22(27)21-11-10-20(28-21)18-4-1-2-5-19(18)24/h1-2,4-11H,3,12-15H2. The molecule has 1 amide bonds. The quantitative estimate of drug-likeness (QED) is 0.666. The summed E-state index contributed by atoms with van der Waals surface area (Å²) in [4.78, 5) is 16.7. The van der Waals surface area contributed by atoms with Crippen LogP contribution in [0.2, 0.25) is 0 Å². The van der Waals surface area contributed by atoms with E-state index in [1.54, 1.807) is 47.4 Å². The van der Waals surface area contributed by atoms with E-state index >= 15 is 0 Å². The summed E-state index contributed by atoms with van der Waals surface area (Å²) in [5, 5.41) is 0. The summed E-state index contributed by atoms with van der Waals surface area (Å²) in [6.45, 7) is 2.57. The van der Waals surface area contributed by atoms with Gasteiger partial charge in [-0.1, -0.05) is 12.1 Å². The van der Waals surface area contributed by atoms with Crippen molar-refractivity contribution < 1.29 is 18.0 Å². The van der Waals surface area contributed by atoms with Gasteiger partial charge in [0.05, 0.1) is 5.56 Å². The Hall–Kier alpha value is -3.15. The second-order valence-electron chi connectivity index (χ2n) is 6.75. The molecule has 0 N–H and O–H groups in total. The van der Waals surface area contributed by atoms with E-state index in [2.05, 4.69) is 4.90 Å². The number of furan rings is 1. The molecule has 6 heteroatoms. The Labute approximate surface area is 162 Å². The zero-order chi connectivity index (χ0) is 19.5. The second kappa shape index (κ2) is 7.84. The molecule has 2 aromatic carbocycles. The Morgan fingerprint density at radius 1 is 0.857 bits per heavy atom. The van der Waals surface area contributed by atoms with E-state index in [4.69, 9.17) is 4.42 Å². The summed E-state index contributed by atoms with van der Waals surface area (Å²) in [6.07, 6.45) is 0.796. The average Bonchev–Trinajstić information content (AvgIpc) is 3.06. The highest BCUT2D eigenvalue weighted by Gasteiger charge is 2.23. The van der Waals surface area contributed by atoms with Crippen LogP contribution in [0.3, 0.4) is 0 Å². The third-order valence-electron chi connectivity index (χ3n) is 4.93. The number of hydrogen-bond donors (Lipinski definition) is 0. The lowest BCUT2D eigenvalue weighted by Crippen LogP contribution is -2.35. The van der Waals surface area contributed by atoms with Crippen molar-refractivity contribution in [3.8, 4) is 11.3 Å². The highest BCUT2D eigenvalue weighted by Crippen LogP contribution is 2.26. The van der Waals surface area contributed by atoms with E-state index < -0.39 is 0 Å². The highest BCUT2D eigenvalue weighted by atomic mass is 19.1. The zero-order valence-electron chi connectivity index (χ0n) is 15.3. The van der Waals surface area contributed by atoms with Gasteiger partial charge in [0.2, 0.25) is 0 Å². The van der Waals surface area contributed by atoms with Gasteiger partial charge in [-0.2, -0.15) is 0 Å². The molecule has 0 aliphatic carbocycles. The summed E-state index contributed by atoms with van der Waals surface area (Å²) in [7, 11) is 0. The van der Waals surface area contributed by atoms with E-state index in [1.165, 1.54) is 18.2 Å². The largest absolute Gasteiger partial charge is 0.451 e. The summed E-state index contributed by atoms with van der Waals surface area (Å²) in [6, 6.07) is 15.9. The molecule has 28 heavy (non-hydrogen) atoms. The number of benzene rings is 2. The zero-order valence-corrected chi connectivity index (χ0v) is 15.3. The Balaban J connectivity index is 1.46. The molecule has 0 radical (unpaired) electrons. The molecule has 1 saturated heterocycles. The van der Waals surface area contributed by atoms with Crippen LogP contribution in [0.4, 0.5) is 14.5 Å². The van der Waals surface area contributed by atoms with Crippen molar-refractivity contribution in [3.63, 3.8) is 0 Å². The number of amides is 1. The van der Waals surface area contributed by atoms with Crippen molar-refractivity contribution in [2.75, 3.05) is 31.1 Å². The van der Waals surface area contributed by atoms with Gasteiger partial charge >= 0.3 is 0 Å². The third-order valence-corrected chi connectivity index (χ3v) is 4.93. The molecule has 0 atom stereocenters. The number of carbonyl (C=O) groups is 1. The van der Waals surface area contributed by atoms with E-state index in [9.17, 15) is 13.6 Å². The Kier molecular flexibility index (Phi) is 5.10. The smallest absolute Gasteiger partial charge is 0.289 e. The van der Waals surface area contributed by atoms with Crippen LogP contribution in [0.1, 0.15) is 17.0 Å². The first kappa shape index (κ1) is 18.2. The fourth-order valence-electron chi connectivity index (χ4n) is 3.45.